The third-order valence-corrected chi connectivity index (χ3v) is 4.35. The maximum Gasteiger partial charge on any atom is 0.470 e. The summed E-state index contributed by atoms with van der Waals surface area (Å²) < 4.78 is 44.7. The van der Waals surface area contributed by atoms with Crippen molar-refractivity contribution in [3.05, 3.63) is 0 Å². The van der Waals surface area contributed by atoms with Crippen LogP contribution in [0.4, 0.5) is 0 Å². The third-order valence-electron chi connectivity index (χ3n) is 2.80. The summed E-state index contributed by atoms with van der Waals surface area (Å²) >= 11 is 0. The van der Waals surface area contributed by atoms with Crippen LogP contribution in [0, 0.1) is 0 Å². The van der Waals surface area contributed by atoms with Crippen molar-refractivity contribution >= 4 is 112 Å². The van der Waals surface area contributed by atoms with Crippen LogP contribution < -0.4 is 0 Å². The normalized spacial score (nSPS) is 31.9. The summed E-state index contributed by atoms with van der Waals surface area (Å²) in [6.07, 6.45) is -14.3. The number of phosphoric ester groups is 3. The Labute approximate surface area is 218 Å². The molecular formula is C6H15Na3O15P3. The molecule has 6 unspecified atom stereocenters. The molecule has 6 atom stereocenters. The summed E-state index contributed by atoms with van der Waals surface area (Å²) in [5, 5.41) is 29.3. The Morgan fingerprint density at radius 3 is 1.00 bits per heavy atom. The Morgan fingerprint density at radius 2 is 0.704 bits per heavy atom. The van der Waals surface area contributed by atoms with Gasteiger partial charge in [-0.25, -0.2) is 13.7 Å². The van der Waals surface area contributed by atoms with Crippen molar-refractivity contribution in [2.45, 2.75) is 36.6 Å². The fraction of sp³-hybridized carbons (Fsp3) is 1.00. The number of hydrogen-bond donors (Lipinski definition) is 9. The van der Waals surface area contributed by atoms with E-state index >= 15 is 0 Å². The minimum atomic E-state index is -5.43. The largest absolute Gasteiger partial charge is 0.470 e. The van der Waals surface area contributed by atoms with Crippen LogP contribution in [0.15, 0.2) is 0 Å². The van der Waals surface area contributed by atoms with Crippen molar-refractivity contribution in [2.24, 2.45) is 0 Å². The average Bonchev–Trinajstić information content (AvgIpc) is 2.32. The van der Waals surface area contributed by atoms with Gasteiger partial charge in [-0.1, -0.05) is 0 Å². The molecule has 0 aromatic carbocycles. The Hall–Kier alpha value is 3.21. The van der Waals surface area contributed by atoms with Crippen molar-refractivity contribution in [1.82, 2.24) is 0 Å². The van der Waals surface area contributed by atoms with E-state index in [1.54, 1.807) is 0 Å². The second-order valence-corrected chi connectivity index (χ2v) is 8.23. The second kappa shape index (κ2) is 13.0. The van der Waals surface area contributed by atoms with E-state index in [1.165, 1.54) is 0 Å². The van der Waals surface area contributed by atoms with E-state index in [2.05, 4.69) is 13.6 Å². The van der Waals surface area contributed by atoms with Gasteiger partial charge < -0.3 is 44.7 Å². The molecule has 9 N–H and O–H groups in total. The van der Waals surface area contributed by atoms with E-state index in [-0.39, 0.29) is 88.7 Å². The smallest absolute Gasteiger partial charge is 0.387 e. The van der Waals surface area contributed by atoms with Crippen LogP contribution in [-0.4, -0.2) is 170 Å². The average molecular weight is 489 g/mol. The molecule has 1 fully saturated rings. The topological polar surface area (TPSA) is 261 Å². The third kappa shape index (κ3) is 12.1. The maximum atomic E-state index is 10.9. The molecule has 0 aromatic rings. The first-order valence-electron chi connectivity index (χ1n) is 5.78. The maximum absolute atomic E-state index is 10.9. The number of rotatable bonds is 6. The molecule has 0 saturated heterocycles. The van der Waals surface area contributed by atoms with E-state index in [9.17, 15) is 29.0 Å². The zero-order valence-electron chi connectivity index (χ0n) is 14.3. The molecule has 1 aliphatic rings. The molecule has 1 rings (SSSR count). The van der Waals surface area contributed by atoms with Gasteiger partial charge in [-0.05, 0) is 0 Å². The molecule has 0 aromatic heterocycles. The van der Waals surface area contributed by atoms with Gasteiger partial charge in [0.1, 0.15) is 36.6 Å². The first kappa shape index (κ1) is 34.8. The Balaban J connectivity index is -0.00000192. The van der Waals surface area contributed by atoms with Crippen LogP contribution in [0.2, 0.25) is 0 Å². The molecule has 15 nitrogen and oxygen atoms in total. The van der Waals surface area contributed by atoms with Crippen molar-refractivity contribution in [2.75, 3.05) is 0 Å². The Morgan fingerprint density at radius 1 is 0.481 bits per heavy atom. The molecule has 0 aliphatic heterocycles. The van der Waals surface area contributed by atoms with Crippen LogP contribution in [0.1, 0.15) is 0 Å². The van der Waals surface area contributed by atoms with E-state index in [0.29, 0.717) is 0 Å². The van der Waals surface area contributed by atoms with E-state index in [0.717, 1.165) is 0 Å². The van der Waals surface area contributed by atoms with Crippen LogP contribution in [0.25, 0.3) is 0 Å². The molecule has 0 heterocycles. The van der Waals surface area contributed by atoms with Gasteiger partial charge in [0.25, 0.3) is 0 Å². The predicted octanol–water partition coefficient (Wildman–Crippen LogP) is -4.63. The summed E-state index contributed by atoms with van der Waals surface area (Å²) in [4.78, 5) is 52.4. The van der Waals surface area contributed by atoms with E-state index in [1.807, 2.05) is 0 Å². The molecule has 147 valence electrons. The SMILES string of the molecule is O=P(O)(O)OC1C(O)C(O)C(OP(=O)(O)O)C(OP(=O)(O)O)C1O.[Na].[Na].[Na]. The standard InChI is InChI=1S/C6H15O15P3.3Na/c7-1-2(8)5(20-23(13,14)15)6(21-24(16,17)18)3(9)4(1)19-22(10,11)12;;;/h1-9H,(H2,10,11,12)(H2,13,14,15)(H2,16,17,18);;;. The Kier molecular flexibility index (Phi) is 16.8. The molecule has 1 saturated carbocycles. The van der Waals surface area contributed by atoms with Crippen LogP contribution in [0.3, 0.4) is 0 Å². The quantitative estimate of drug-likeness (QED) is 0.126. The predicted molar refractivity (Wildman–Crippen MR) is 86.0 cm³/mol. The number of aliphatic hydroxyl groups excluding tert-OH is 3. The van der Waals surface area contributed by atoms with E-state index in [4.69, 9.17) is 29.4 Å². The minimum absolute atomic E-state index is 0. The second-order valence-electron chi connectivity index (χ2n) is 4.65. The first-order valence-corrected chi connectivity index (χ1v) is 10.4. The van der Waals surface area contributed by atoms with Gasteiger partial charge in [0, 0.05) is 88.7 Å². The van der Waals surface area contributed by atoms with Crippen molar-refractivity contribution in [3.8, 4) is 0 Å². The van der Waals surface area contributed by atoms with Gasteiger partial charge >= 0.3 is 23.5 Å². The molecular weight excluding hydrogens is 474 g/mol. The zero-order chi connectivity index (χ0) is 19.1. The summed E-state index contributed by atoms with van der Waals surface area (Å²) in [6, 6.07) is 0. The molecule has 1 aliphatic carbocycles. The molecule has 0 amide bonds. The summed E-state index contributed by atoms with van der Waals surface area (Å²) in [5.41, 5.74) is 0. The number of phosphoric acid groups is 3. The summed E-state index contributed by atoms with van der Waals surface area (Å²) in [7, 11) is -16.2. The van der Waals surface area contributed by atoms with E-state index < -0.39 is 60.1 Å². The Bertz CT molecular complexity index is 587. The van der Waals surface area contributed by atoms with Gasteiger partial charge in [0.05, 0.1) is 0 Å². The van der Waals surface area contributed by atoms with Crippen LogP contribution in [-0.2, 0) is 27.3 Å². The molecule has 27 heavy (non-hydrogen) atoms. The number of hydrogen-bond acceptors (Lipinski definition) is 9. The van der Waals surface area contributed by atoms with Gasteiger partial charge in [0.15, 0.2) is 0 Å². The fourth-order valence-corrected chi connectivity index (χ4v) is 3.70. The van der Waals surface area contributed by atoms with Gasteiger partial charge in [0.2, 0.25) is 0 Å². The van der Waals surface area contributed by atoms with Gasteiger partial charge in [-0.15, -0.1) is 0 Å². The molecule has 0 spiro atoms. The van der Waals surface area contributed by atoms with Crippen molar-refractivity contribution in [3.63, 3.8) is 0 Å². The molecule has 0 bridgehead atoms. The molecule has 21 heteroatoms. The molecule has 3 radical (unpaired) electrons. The minimum Gasteiger partial charge on any atom is -0.387 e. The summed E-state index contributed by atoms with van der Waals surface area (Å²) in [6.45, 7) is 0. The fourth-order valence-electron chi connectivity index (χ4n) is 2.01. The van der Waals surface area contributed by atoms with Crippen LogP contribution in [0.5, 0.6) is 0 Å². The number of aliphatic hydroxyl groups is 3. The summed E-state index contributed by atoms with van der Waals surface area (Å²) in [5.74, 6) is 0. The first-order chi connectivity index (χ1) is 10.5. The monoisotopic (exact) mass is 489 g/mol. The van der Waals surface area contributed by atoms with Gasteiger partial charge in [-0.2, -0.15) is 0 Å². The van der Waals surface area contributed by atoms with Crippen LogP contribution >= 0.6 is 23.5 Å². The van der Waals surface area contributed by atoms with Gasteiger partial charge in [-0.3, -0.25) is 13.6 Å². The van der Waals surface area contributed by atoms with Crippen molar-refractivity contribution < 1.29 is 71.9 Å². The zero-order valence-corrected chi connectivity index (χ0v) is 23.0. The van der Waals surface area contributed by atoms with Crippen molar-refractivity contribution in [1.29, 1.82) is 0 Å².